The second-order valence-electron chi connectivity index (χ2n) is 4.89. The third-order valence-electron chi connectivity index (χ3n) is 2.71. The van der Waals surface area contributed by atoms with E-state index in [1.165, 1.54) is 16.7 Å². The molecule has 20 heavy (non-hydrogen) atoms. The molecule has 2 aromatic rings. The monoisotopic (exact) mass is 283 g/mol. The van der Waals surface area contributed by atoms with E-state index in [1.807, 2.05) is 13.8 Å². The fourth-order valence-electron chi connectivity index (χ4n) is 1.96. The number of nitrogens with one attached hydrogen (secondary N) is 1. The first-order valence-corrected chi connectivity index (χ1v) is 6.28. The maximum Gasteiger partial charge on any atom is 0.418 e. The number of hydrogen-bond acceptors (Lipinski definition) is 2. The Bertz CT molecular complexity index is 600. The summed E-state index contributed by atoms with van der Waals surface area (Å²) in [6, 6.07) is 5.55. The molecule has 0 bridgehead atoms. The zero-order chi connectivity index (χ0) is 14.9. The maximum atomic E-state index is 13.1. The van der Waals surface area contributed by atoms with E-state index >= 15 is 0 Å². The van der Waals surface area contributed by atoms with Gasteiger partial charge in [-0.2, -0.15) is 13.2 Å². The molecule has 0 fully saturated rings. The Labute approximate surface area is 115 Å². The number of halogens is 3. The first kappa shape index (κ1) is 14.4. The number of aryl methyl sites for hydroxylation is 1. The average molecular weight is 283 g/mol. The topological polar surface area (TPSA) is 29.9 Å². The number of hydrogen-bond donors (Lipinski definition) is 1. The average Bonchev–Trinajstić information content (AvgIpc) is 2.68. The minimum Gasteiger partial charge on any atom is -0.353 e. The van der Waals surface area contributed by atoms with Crippen molar-refractivity contribution < 1.29 is 13.2 Å². The summed E-state index contributed by atoms with van der Waals surface area (Å²) >= 11 is 0. The van der Waals surface area contributed by atoms with Crippen LogP contribution in [0, 0.1) is 6.92 Å². The van der Waals surface area contributed by atoms with Crippen LogP contribution in [0.25, 0.3) is 5.69 Å². The second-order valence-corrected chi connectivity index (χ2v) is 4.89. The molecule has 0 unspecified atom stereocenters. The minimum absolute atomic E-state index is 0.0729. The summed E-state index contributed by atoms with van der Waals surface area (Å²) in [5.41, 5.74) is 0.0538. The van der Waals surface area contributed by atoms with Crippen LogP contribution in [0.2, 0.25) is 0 Å². The summed E-state index contributed by atoms with van der Waals surface area (Å²) in [7, 11) is 0. The van der Waals surface area contributed by atoms with E-state index < -0.39 is 11.7 Å². The Morgan fingerprint density at radius 3 is 2.45 bits per heavy atom. The lowest BCUT2D eigenvalue weighted by Gasteiger charge is -2.16. The highest BCUT2D eigenvalue weighted by atomic mass is 19.4. The van der Waals surface area contributed by atoms with Gasteiger partial charge in [-0.1, -0.05) is 12.1 Å². The van der Waals surface area contributed by atoms with E-state index in [1.54, 1.807) is 19.2 Å². The van der Waals surface area contributed by atoms with Gasteiger partial charge in [0.05, 0.1) is 16.9 Å². The van der Waals surface area contributed by atoms with Crippen LogP contribution in [0.1, 0.15) is 25.1 Å². The molecule has 6 heteroatoms. The first-order valence-electron chi connectivity index (χ1n) is 6.28. The fourth-order valence-corrected chi connectivity index (χ4v) is 1.96. The summed E-state index contributed by atoms with van der Waals surface area (Å²) in [5.74, 6) is 0.411. The van der Waals surface area contributed by atoms with Gasteiger partial charge in [-0.3, -0.25) is 4.57 Å². The molecule has 0 amide bonds. The summed E-state index contributed by atoms with van der Waals surface area (Å²) in [5, 5.41) is 3.06. The van der Waals surface area contributed by atoms with Crippen LogP contribution < -0.4 is 5.32 Å². The minimum atomic E-state index is -4.40. The van der Waals surface area contributed by atoms with Crippen LogP contribution in [-0.2, 0) is 6.18 Å². The SMILES string of the molecule is Cc1cn(-c2ccccc2C(F)(F)F)c(NC(C)C)n1. The molecule has 0 aliphatic rings. The highest BCUT2D eigenvalue weighted by Gasteiger charge is 2.34. The van der Waals surface area contributed by atoms with E-state index in [2.05, 4.69) is 10.3 Å². The Hall–Kier alpha value is -1.98. The zero-order valence-electron chi connectivity index (χ0n) is 11.5. The molecular formula is C14H16F3N3. The van der Waals surface area contributed by atoms with Crippen LogP contribution in [0.5, 0.6) is 0 Å². The number of para-hydroxylation sites is 1. The lowest BCUT2D eigenvalue weighted by molar-refractivity contribution is -0.137. The van der Waals surface area contributed by atoms with Gasteiger partial charge in [0.1, 0.15) is 0 Å². The van der Waals surface area contributed by atoms with E-state index in [0.29, 0.717) is 11.6 Å². The Morgan fingerprint density at radius 1 is 1.20 bits per heavy atom. The zero-order valence-corrected chi connectivity index (χ0v) is 11.5. The molecule has 3 nitrogen and oxygen atoms in total. The van der Waals surface area contributed by atoms with Gasteiger partial charge >= 0.3 is 6.18 Å². The van der Waals surface area contributed by atoms with Crippen LogP contribution in [0.15, 0.2) is 30.5 Å². The van der Waals surface area contributed by atoms with Crippen molar-refractivity contribution in [3.63, 3.8) is 0 Å². The summed E-state index contributed by atoms with van der Waals surface area (Å²) in [6.07, 6.45) is -2.81. The number of imidazole rings is 1. The fraction of sp³-hybridized carbons (Fsp3) is 0.357. The van der Waals surface area contributed by atoms with E-state index in [-0.39, 0.29) is 11.7 Å². The number of rotatable bonds is 3. The lowest BCUT2D eigenvalue weighted by Crippen LogP contribution is -2.16. The molecule has 0 aliphatic heterocycles. The molecule has 1 aromatic heterocycles. The summed E-state index contributed by atoms with van der Waals surface area (Å²) in [6.45, 7) is 5.56. The van der Waals surface area contributed by atoms with Gasteiger partial charge in [0.15, 0.2) is 0 Å². The molecule has 0 saturated carbocycles. The van der Waals surface area contributed by atoms with Crippen LogP contribution in [0.4, 0.5) is 19.1 Å². The van der Waals surface area contributed by atoms with Crippen molar-refractivity contribution >= 4 is 5.95 Å². The molecule has 0 spiro atoms. The lowest BCUT2D eigenvalue weighted by atomic mass is 10.1. The van der Waals surface area contributed by atoms with Crippen LogP contribution >= 0.6 is 0 Å². The van der Waals surface area contributed by atoms with E-state index in [0.717, 1.165) is 6.07 Å². The molecule has 1 N–H and O–H groups in total. The highest BCUT2D eigenvalue weighted by Crippen LogP contribution is 2.34. The Morgan fingerprint density at radius 2 is 1.85 bits per heavy atom. The number of benzene rings is 1. The van der Waals surface area contributed by atoms with E-state index in [4.69, 9.17) is 0 Å². The second kappa shape index (κ2) is 5.19. The third kappa shape index (κ3) is 2.95. The van der Waals surface area contributed by atoms with Crippen molar-refractivity contribution in [3.8, 4) is 5.69 Å². The van der Waals surface area contributed by atoms with Crippen molar-refractivity contribution in [2.75, 3.05) is 5.32 Å². The molecule has 0 radical (unpaired) electrons. The molecule has 108 valence electrons. The van der Waals surface area contributed by atoms with Gasteiger partial charge in [-0.15, -0.1) is 0 Å². The van der Waals surface area contributed by atoms with Gasteiger partial charge in [0.25, 0.3) is 0 Å². The van der Waals surface area contributed by atoms with Gasteiger partial charge in [-0.25, -0.2) is 4.98 Å². The van der Waals surface area contributed by atoms with Gasteiger partial charge < -0.3 is 5.32 Å². The number of nitrogens with zero attached hydrogens (tertiary/aromatic N) is 2. The standard InChI is InChI=1S/C14H16F3N3/c1-9(2)18-13-19-10(3)8-20(13)12-7-5-4-6-11(12)14(15,16)17/h4-9H,1-3H3,(H,18,19). The highest BCUT2D eigenvalue weighted by molar-refractivity contribution is 5.49. The molecule has 2 rings (SSSR count). The molecular weight excluding hydrogens is 267 g/mol. The first-order chi connectivity index (χ1) is 9.29. The predicted octanol–water partition coefficient (Wildman–Crippen LogP) is 4.02. The van der Waals surface area contributed by atoms with Crippen molar-refractivity contribution in [2.45, 2.75) is 33.0 Å². The molecule has 0 atom stereocenters. The maximum absolute atomic E-state index is 13.1. The van der Waals surface area contributed by atoms with Crippen molar-refractivity contribution in [2.24, 2.45) is 0 Å². The quantitative estimate of drug-likeness (QED) is 0.922. The Kier molecular flexibility index (Phi) is 3.74. The number of aromatic nitrogens is 2. The predicted molar refractivity (Wildman–Crippen MR) is 72.1 cm³/mol. The molecule has 0 aliphatic carbocycles. The molecule has 1 aromatic carbocycles. The Balaban J connectivity index is 2.57. The summed E-state index contributed by atoms with van der Waals surface area (Å²) in [4.78, 5) is 4.23. The largest absolute Gasteiger partial charge is 0.418 e. The van der Waals surface area contributed by atoms with E-state index in [9.17, 15) is 13.2 Å². The van der Waals surface area contributed by atoms with Crippen molar-refractivity contribution in [3.05, 3.63) is 41.7 Å². The van der Waals surface area contributed by atoms with Crippen LogP contribution in [0.3, 0.4) is 0 Å². The van der Waals surface area contributed by atoms with Crippen molar-refractivity contribution in [1.82, 2.24) is 9.55 Å². The molecule has 1 heterocycles. The van der Waals surface area contributed by atoms with Gasteiger partial charge in [0, 0.05) is 12.2 Å². The summed E-state index contributed by atoms with van der Waals surface area (Å²) < 4.78 is 40.7. The van der Waals surface area contributed by atoms with Crippen molar-refractivity contribution in [1.29, 1.82) is 0 Å². The third-order valence-corrected chi connectivity index (χ3v) is 2.71. The van der Waals surface area contributed by atoms with Crippen LogP contribution in [-0.4, -0.2) is 15.6 Å². The van der Waals surface area contributed by atoms with Gasteiger partial charge in [0.2, 0.25) is 5.95 Å². The molecule has 0 saturated heterocycles. The number of alkyl halides is 3. The van der Waals surface area contributed by atoms with Gasteiger partial charge in [-0.05, 0) is 32.9 Å². The number of anilines is 1. The smallest absolute Gasteiger partial charge is 0.353 e. The normalized spacial score (nSPS) is 11.9.